The first-order valence-corrected chi connectivity index (χ1v) is 8.61. The van der Waals surface area contributed by atoms with Gasteiger partial charge in [-0.25, -0.2) is 13.1 Å². The molecule has 1 aliphatic rings. The second kappa shape index (κ2) is 5.81. The average Bonchev–Trinajstić information content (AvgIpc) is 2.79. The van der Waals surface area contributed by atoms with Crippen molar-refractivity contribution in [3.8, 4) is 0 Å². The van der Waals surface area contributed by atoms with Gasteiger partial charge in [0.1, 0.15) is 0 Å². The van der Waals surface area contributed by atoms with Crippen LogP contribution in [0.15, 0.2) is 23.1 Å². The minimum absolute atomic E-state index is 0.0240. The molecule has 1 aromatic carbocycles. The van der Waals surface area contributed by atoms with E-state index in [0.29, 0.717) is 10.8 Å². The zero-order valence-electron chi connectivity index (χ0n) is 11.3. The first-order valence-electron chi connectivity index (χ1n) is 6.59. The molecular weight excluding hydrogens is 282 g/mol. The highest BCUT2D eigenvalue weighted by molar-refractivity contribution is 7.89. The predicted molar refractivity (Wildman–Crippen MR) is 78.1 cm³/mol. The van der Waals surface area contributed by atoms with E-state index in [2.05, 4.69) is 4.72 Å². The van der Waals surface area contributed by atoms with Gasteiger partial charge in [-0.15, -0.1) is 11.6 Å². The quantitative estimate of drug-likeness (QED) is 0.869. The van der Waals surface area contributed by atoms with Gasteiger partial charge < -0.3 is 0 Å². The van der Waals surface area contributed by atoms with E-state index in [1.807, 2.05) is 19.9 Å². The van der Waals surface area contributed by atoms with Gasteiger partial charge in [0.05, 0.1) is 4.90 Å². The lowest BCUT2D eigenvalue weighted by atomic mass is 10.1. The molecule has 2 atom stereocenters. The normalized spacial score (nSPS) is 23.7. The number of benzene rings is 1. The number of sulfonamides is 1. The fourth-order valence-electron chi connectivity index (χ4n) is 2.53. The molecule has 0 aliphatic heterocycles. The summed E-state index contributed by atoms with van der Waals surface area (Å²) < 4.78 is 27.5. The molecule has 1 aliphatic carbocycles. The van der Waals surface area contributed by atoms with Gasteiger partial charge in [-0.3, -0.25) is 0 Å². The summed E-state index contributed by atoms with van der Waals surface area (Å²) >= 11 is 5.89. The predicted octanol–water partition coefficient (Wildman–Crippen LogP) is 2.99. The van der Waals surface area contributed by atoms with Crippen molar-refractivity contribution in [3.05, 3.63) is 29.3 Å². The molecular formula is C14H20ClNO2S. The van der Waals surface area contributed by atoms with Crippen LogP contribution in [0.3, 0.4) is 0 Å². The van der Waals surface area contributed by atoms with E-state index >= 15 is 0 Å². The third kappa shape index (κ3) is 3.30. The SMILES string of the molecule is Cc1ccc(S(=O)(=O)NC2CCCC2CCl)cc1C. The molecule has 1 N–H and O–H groups in total. The van der Waals surface area contributed by atoms with E-state index in [1.54, 1.807) is 12.1 Å². The molecule has 0 saturated heterocycles. The summed E-state index contributed by atoms with van der Waals surface area (Å²) in [7, 11) is -3.43. The van der Waals surface area contributed by atoms with E-state index in [0.717, 1.165) is 30.4 Å². The molecule has 3 nitrogen and oxygen atoms in total. The highest BCUT2D eigenvalue weighted by Crippen LogP contribution is 2.28. The molecule has 1 fully saturated rings. The van der Waals surface area contributed by atoms with Crippen LogP contribution in [-0.2, 0) is 10.0 Å². The van der Waals surface area contributed by atoms with Crippen molar-refractivity contribution in [3.63, 3.8) is 0 Å². The van der Waals surface area contributed by atoms with Gasteiger partial charge in [-0.05, 0) is 55.9 Å². The number of hydrogen-bond acceptors (Lipinski definition) is 2. The van der Waals surface area contributed by atoms with Crippen LogP contribution < -0.4 is 4.72 Å². The number of nitrogens with one attached hydrogen (secondary N) is 1. The Balaban J connectivity index is 2.20. The Hall–Kier alpha value is -0.580. The van der Waals surface area contributed by atoms with Gasteiger partial charge in [-0.2, -0.15) is 0 Å². The molecule has 0 radical (unpaired) electrons. The van der Waals surface area contributed by atoms with Crippen molar-refractivity contribution < 1.29 is 8.42 Å². The first kappa shape index (κ1) is 14.8. The summed E-state index contributed by atoms with van der Waals surface area (Å²) in [5, 5.41) is 0. The first-order chi connectivity index (χ1) is 8.94. The van der Waals surface area contributed by atoms with Crippen LogP contribution in [0.4, 0.5) is 0 Å². The molecule has 0 aromatic heterocycles. The molecule has 2 unspecified atom stereocenters. The molecule has 1 saturated carbocycles. The van der Waals surface area contributed by atoms with Crippen LogP contribution in [0.2, 0.25) is 0 Å². The van der Waals surface area contributed by atoms with Crippen LogP contribution in [0.1, 0.15) is 30.4 Å². The van der Waals surface area contributed by atoms with Crippen LogP contribution in [0.25, 0.3) is 0 Å². The Kier molecular flexibility index (Phi) is 4.54. The fourth-order valence-corrected chi connectivity index (χ4v) is 4.32. The highest BCUT2D eigenvalue weighted by Gasteiger charge is 2.30. The zero-order chi connectivity index (χ0) is 14.0. The van der Waals surface area contributed by atoms with E-state index < -0.39 is 10.0 Å². The maximum atomic E-state index is 12.4. The van der Waals surface area contributed by atoms with Gasteiger partial charge in [0.2, 0.25) is 10.0 Å². The molecule has 19 heavy (non-hydrogen) atoms. The smallest absolute Gasteiger partial charge is 0.208 e. The van der Waals surface area contributed by atoms with E-state index in [4.69, 9.17) is 11.6 Å². The Morgan fingerprint density at radius 2 is 2.00 bits per heavy atom. The molecule has 0 heterocycles. The van der Waals surface area contributed by atoms with Gasteiger partial charge in [-0.1, -0.05) is 12.5 Å². The number of rotatable bonds is 4. The number of halogens is 1. The minimum atomic E-state index is -3.43. The number of alkyl halides is 1. The maximum absolute atomic E-state index is 12.4. The molecule has 0 bridgehead atoms. The Morgan fingerprint density at radius 3 is 2.63 bits per heavy atom. The molecule has 5 heteroatoms. The maximum Gasteiger partial charge on any atom is 0.240 e. The van der Waals surface area contributed by atoms with Gasteiger partial charge in [0, 0.05) is 11.9 Å². The fraction of sp³-hybridized carbons (Fsp3) is 0.571. The summed E-state index contributed by atoms with van der Waals surface area (Å²) in [5.74, 6) is 0.767. The monoisotopic (exact) mass is 301 g/mol. The second-order valence-corrected chi connectivity index (χ2v) is 7.34. The van der Waals surface area contributed by atoms with Gasteiger partial charge in [0.25, 0.3) is 0 Å². The average molecular weight is 302 g/mol. The number of hydrogen-bond donors (Lipinski definition) is 1. The third-order valence-electron chi connectivity index (χ3n) is 3.95. The van der Waals surface area contributed by atoms with E-state index in [-0.39, 0.29) is 12.0 Å². The summed E-state index contributed by atoms with van der Waals surface area (Å²) in [6.07, 6.45) is 2.92. The largest absolute Gasteiger partial charge is 0.240 e. The van der Waals surface area contributed by atoms with Gasteiger partial charge >= 0.3 is 0 Å². The van der Waals surface area contributed by atoms with Crippen molar-refractivity contribution in [2.75, 3.05) is 5.88 Å². The van der Waals surface area contributed by atoms with Crippen LogP contribution in [0, 0.1) is 19.8 Å². The Labute approximate surface area is 120 Å². The molecule has 1 aromatic rings. The van der Waals surface area contributed by atoms with Crippen LogP contribution in [0.5, 0.6) is 0 Å². The molecule has 0 spiro atoms. The van der Waals surface area contributed by atoms with E-state index in [9.17, 15) is 8.42 Å². The van der Waals surface area contributed by atoms with E-state index in [1.165, 1.54) is 0 Å². The molecule has 0 amide bonds. The summed E-state index contributed by atoms with van der Waals surface area (Å²) in [6, 6.07) is 5.21. The van der Waals surface area contributed by atoms with Crippen molar-refractivity contribution in [1.29, 1.82) is 0 Å². The molecule has 2 rings (SSSR count). The van der Waals surface area contributed by atoms with Crippen molar-refractivity contribution in [2.45, 2.75) is 44.0 Å². The lowest BCUT2D eigenvalue weighted by molar-refractivity contribution is 0.480. The van der Waals surface area contributed by atoms with Crippen molar-refractivity contribution in [2.24, 2.45) is 5.92 Å². The topological polar surface area (TPSA) is 46.2 Å². The second-order valence-electron chi connectivity index (χ2n) is 5.32. The Morgan fingerprint density at radius 1 is 1.26 bits per heavy atom. The highest BCUT2D eigenvalue weighted by atomic mass is 35.5. The van der Waals surface area contributed by atoms with Crippen molar-refractivity contribution >= 4 is 21.6 Å². The van der Waals surface area contributed by atoms with Crippen LogP contribution in [-0.4, -0.2) is 20.3 Å². The third-order valence-corrected chi connectivity index (χ3v) is 5.84. The summed E-state index contributed by atoms with van der Waals surface area (Å²) in [6.45, 7) is 3.89. The lowest BCUT2D eigenvalue weighted by Crippen LogP contribution is -2.37. The zero-order valence-corrected chi connectivity index (χ0v) is 12.9. The minimum Gasteiger partial charge on any atom is -0.208 e. The van der Waals surface area contributed by atoms with Crippen molar-refractivity contribution in [1.82, 2.24) is 4.72 Å². The standard InChI is InChI=1S/C14H20ClNO2S/c1-10-6-7-13(8-11(10)2)19(17,18)16-14-5-3-4-12(14)9-15/h6-8,12,14,16H,3-5,9H2,1-2H3. The summed E-state index contributed by atoms with van der Waals surface area (Å²) in [5.41, 5.74) is 2.08. The van der Waals surface area contributed by atoms with Gasteiger partial charge in [0.15, 0.2) is 0 Å². The molecule has 106 valence electrons. The summed E-state index contributed by atoms with van der Waals surface area (Å²) in [4.78, 5) is 0.343. The lowest BCUT2D eigenvalue weighted by Gasteiger charge is -2.19. The number of aryl methyl sites for hydroxylation is 2. The Bertz CT molecular complexity index is 557. The van der Waals surface area contributed by atoms with Crippen LogP contribution >= 0.6 is 11.6 Å².